The second-order valence-electron chi connectivity index (χ2n) is 5.65. The Labute approximate surface area is 143 Å². The van der Waals surface area contributed by atoms with Crippen LogP contribution in [0.4, 0.5) is 5.69 Å². The van der Waals surface area contributed by atoms with E-state index in [1.54, 1.807) is 25.2 Å². The summed E-state index contributed by atoms with van der Waals surface area (Å²) in [6, 6.07) is 13.5. The van der Waals surface area contributed by atoms with E-state index in [4.69, 9.17) is 15.2 Å². The van der Waals surface area contributed by atoms with E-state index < -0.39 is 0 Å². The third-order valence-electron chi connectivity index (χ3n) is 3.87. The van der Waals surface area contributed by atoms with Crippen molar-refractivity contribution in [1.82, 2.24) is 4.90 Å². The zero-order valence-electron chi connectivity index (χ0n) is 14.4. The van der Waals surface area contributed by atoms with E-state index in [-0.39, 0.29) is 5.91 Å². The van der Waals surface area contributed by atoms with Gasteiger partial charge in [0.15, 0.2) is 11.5 Å². The summed E-state index contributed by atoms with van der Waals surface area (Å²) in [7, 11) is 4.97. The lowest BCUT2D eigenvalue weighted by atomic mass is 10.1. The maximum Gasteiger partial charge on any atom is 0.222 e. The second kappa shape index (κ2) is 8.24. The van der Waals surface area contributed by atoms with Gasteiger partial charge in [0.2, 0.25) is 5.91 Å². The fourth-order valence-corrected chi connectivity index (χ4v) is 2.63. The average molecular weight is 328 g/mol. The lowest BCUT2D eigenvalue weighted by Crippen LogP contribution is -2.26. The molecule has 0 saturated heterocycles. The van der Waals surface area contributed by atoms with Crippen LogP contribution in [0.3, 0.4) is 0 Å². The SMILES string of the molecule is COc1cc(N)cc(CCC(=O)N(C)Cc2ccccc2)c1OC. The number of hydrogen-bond acceptors (Lipinski definition) is 4. The number of nitrogens with two attached hydrogens (primary N) is 1. The third-order valence-corrected chi connectivity index (χ3v) is 3.87. The van der Waals surface area contributed by atoms with E-state index >= 15 is 0 Å². The number of rotatable bonds is 7. The Balaban J connectivity index is 2.02. The fraction of sp³-hybridized carbons (Fsp3) is 0.316. The van der Waals surface area contributed by atoms with Crippen molar-refractivity contribution in [3.05, 3.63) is 53.6 Å². The molecule has 0 spiro atoms. The molecule has 0 aromatic heterocycles. The van der Waals surface area contributed by atoms with Gasteiger partial charge in [-0.2, -0.15) is 0 Å². The quantitative estimate of drug-likeness (QED) is 0.794. The molecular formula is C19H24N2O3. The minimum absolute atomic E-state index is 0.0716. The Morgan fingerprint density at radius 3 is 2.46 bits per heavy atom. The van der Waals surface area contributed by atoms with Gasteiger partial charge in [0.25, 0.3) is 0 Å². The van der Waals surface area contributed by atoms with Crippen molar-refractivity contribution in [2.24, 2.45) is 0 Å². The number of ether oxygens (including phenoxy) is 2. The molecule has 5 nitrogen and oxygen atoms in total. The smallest absolute Gasteiger partial charge is 0.222 e. The van der Waals surface area contributed by atoms with E-state index in [2.05, 4.69) is 0 Å². The third kappa shape index (κ3) is 4.41. The van der Waals surface area contributed by atoms with E-state index in [0.717, 1.165) is 11.1 Å². The number of aryl methyl sites for hydroxylation is 1. The molecule has 0 aliphatic rings. The summed E-state index contributed by atoms with van der Waals surface area (Å²) in [5, 5.41) is 0. The first-order valence-electron chi connectivity index (χ1n) is 7.83. The summed E-state index contributed by atoms with van der Waals surface area (Å²) in [6.07, 6.45) is 0.925. The Kier molecular flexibility index (Phi) is 6.07. The van der Waals surface area contributed by atoms with Gasteiger partial charge in [0.1, 0.15) is 0 Å². The van der Waals surface area contributed by atoms with Gasteiger partial charge in [-0.15, -0.1) is 0 Å². The maximum atomic E-state index is 12.4. The van der Waals surface area contributed by atoms with Crippen LogP contribution in [0.5, 0.6) is 11.5 Å². The topological polar surface area (TPSA) is 64.8 Å². The van der Waals surface area contributed by atoms with E-state index in [9.17, 15) is 4.79 Å². The molecule has 2 aromatic carbocycles. The highest BCUT2D eigenvalue weighted by atomic mass is 16.5. The van der Waals surface area contributed by atoms with Gasteiger partial charge in [-0.1, -0.05) is 30.3 Å². The molecular weight excluding hydrogens is 304 g/mol. The zero-order chi connectivity index (χ0) is 17.5. The number of amides is 1. The lowest BCUT2D eigenvalue weighted by Gasteiger charge is -2.18. The van der Waals surface area contributed by atoms with E-state index in [1.807, 2.05) is 43.4 Å². The van der Waals surface area contributed by atoms with Gasteiger partial charge >= 0.3 is 0 Å². The molecule has 24 heavy (non-hydrogen) atoms. The first-order chi connectivity index (χ1) is 11.5. The number of anilines is 1. The van der Waals surface area contributed by atoms with E-state index in [1.165, 1.54) is 0 Å². The van der Waals surface area contributed by atoms with Crippen LogP contribution in [-0.4, -0.2) is 32.1 Å². The van der Waals surface area contributed by atoms with Gasteiger partial charge in [0.05, 0.1) is 14.2 Å². The van der Waals surface area contributed by atoms with Crippen molar-refractivity contribution in [3.8, 4) is 11.5 Å². The normalized spacial score (nSPS) is 10.3. The van der Waals surface area contributed by atoms with Crippen molar-refractivity contribution in [2.75, 3.05) is 27.0 Å². The molecule has 0 unspecified atom stereocenters. The van der Waals surface area contributed by atoms with Gasteiger partial charge in [-0.25, -0.2) is 0 Å². The monoisotopic (exact) mass is 328 g/mol. The van der Waals surface area contributed by atoms with Crippen LogP contribution in [0.25, 0.3) is 0 Å². The number of hydrogen-bond donors (Lipinski definition) is 1. The number of nitrogen functional groups attached to an aromatic ring is 1. The minimum atomic E-state index is 0.0716. The van der Waals surface area contributed by atoms with Crippen molar-refractivity contribution in [2.45, 2.75) is 19.4 Å². The van der Waals surface area contributed by atoms with Gasteiger partial charge in [0, 0.05) is 37.3 Å². The zero-order valence-corrected chi connectivity index (χ0v) is 14.4. The summed E-state index contributed by atoms with van der Waals surface area (Å²) >= 11 is 0. The number of methoxy groups -OCH3 is 2. The molecule has 2 N–H and O–H groups in total. The Bertz CT molecular complexity index is 687. The molecule has 0 aliphatic heterocycles. The summed E-state index contributed by atoms with van der Waals surface area (Å²) in [4.78, 5) is 14.1. The number of nitrogens with zero attached hydrogens (tertiary/aromatic N) is 1. The Morgan fingerprint density at radius 1 is 1.12 bits per heavy atom. The first-order valence-corrected chi connectivity index (χ1v) is 7.83. The molecule has 0 bridgehead atoms. The first kappa shape index (κ1) is 17.7. The van der Waals surface area contributed by atoms with Crippen LogP contribution < -0.4 is 15.2 Å². The Morgan fingerprint density at radius 2 is 1.83 bits per heavy atom. The highest BCUT2D eigenvalue weighted by Gasteiger charge is 2.15. The molecule has 2 rings (SSSR count). The standard InChI is InChI=1S/C19H24N2O3/c1-21(13-14-7-5-4-6-8-14)18(22)10-9-15-11-16(20)12-17(23-2)19(15)24-3/h4-8,11-12H,9-10,13,20H2,1-3H3. The van der Waals surface area contributed by atoms with Crippen molar-refractivity contribution in [3.63, 3.8) is 0 Å². The summed E-state index contributed by atoms with van der Waals surface area (Å²) in [5.41, 5.74) is 8.47. The molecule has 2 aromatic rings. The Hall–Kier alpha value is -2.69. The van der Waals surface area contributed by atoms with Gasteiger partial charge in [-0.3, -0.25) is 4.79 Å². The molecule has 0 atom stereocenters. The fourth-order valence-electron chi connectivity index (χ4n) is 2.63. The van der Waals surface area contributed by atoms with Crippen molar-refractivity contribution in [1.29, 1.82) is 0 Å². The minimum Gasteiger partial charge on any atom is -0.493 e. The van der Waals surface area contributed by atoms with Crippen LogP contribution in [0.15, 0.2) is 42.5 Å². The predicted molar refractivity (Wildman–Crippen MR) is 95.2 cm³/mol. The molecule has 0 fully saturated rings. The molecule has 5 heteroatoms. The lowest BCUT2D eigenvalue weighted by molar-refractivity contribution is -0.130. The van der Waals surface area contributed by atoms with Gasteiger partial charge < -0.3 is 20.1 Å². The number of carbonyl (C=O) groups is 1. The summed E-state index contributed by atoms with van der Waals surface area (Å²) in [5.74, 6) is 1.28. The molecule has 0 heterocycles. The highest BCUT2D eigenvalue weighted by molar-refractivity contribution is 5.76. The second-order valence-corrected chi connectivity index (χ2v) is 5.65. The van der Waals surface area contributed by atoms with E-state index in [0.29, 0.717) is 36.6 Å². The highest BCUT2D eigenvalue weighted by Crippen LogP contribution is 2.34. The molecule has 0 saturated carbocycles. The maximum absolute atomic E-state index is 12.4. The summed E-state index contributed by atoms with van der Waals surface area (Å²) in [6.45, 7) is 0.594. The number of benzene rings is 2. The van der Waals surface area contributed by atoms with Gasteiger partial charge in [-0.05, 0) is 18.1 Å². The molecule has 1 amide bonds. The molecule has 128 valence electrons. The van der Waals surface area contributed by atoms with Crippen molar-refractivity contribution >= 4 is 11.6 Å². The van der Waals surface area contributed by atoms with Crippen LogP contribution in [-0.2, 0) is 17.8 Å². The summed E-state index contributed by atoms with van der Waals surface area (Å²) < 4.78 is 10.7. The predicted octanol–water partition coefficient (Wildman–Crippen LogP) is 2.88. The molecule has 0 radical (unpaired) electrons. The van der Waals surface area contributed by atoms with Crippen LogP contribution in [0.2, 0.25) is 0 Å². The van der Waals surface area contributed by atoms with Crippen molar-refractivity contribution < 1.29 is 14.3 Å². The van der Waals surface area contributed by atoms with Crippen LogP contribution in [0.1, 0.15) is 17.5 Å². The van der Waals surface area contributed by atoms with Crippen LogP contribution in [0, 0.1) is 0 Å². The number of carbonyl (C=O) groups excluding carboxylic acids is 1. The molecule has 0 aliphatic carbocycles. The van der Waals surface area contributed by atoms with Crippen LogP contribution >= 0.6 is 0 Å². The largest absolute Gasteiger partial charge is 0.493 e. The average Bonchev–Trinajstić information content (AvgIpc) is 2.59.